The molecule has 0 spiro atoms. The Balaban J connectivity index is 2.26. The molecule has 19 heavy (non-hydrogen) atoms. The van der Waals surface area contributed by atoms with Crippen LogP contribution in [0.2, 0.25) is 0 Å². The SMILES string of the molecule is Cc1cc(C)c(C)c(C2=C[CH]c3ccccc32)c1C. The van der Waals surface area contributed by atoms with E-state index in [1.54, 1.807) is 0 Å². The van der Waals surface area contributed by atoms with Crippen LogP contribution in [0.4, 0.5) is 0 Å². The van der Waals surface area contributed by atoms with Gasteiger partial charge in [0, 0.05) is 6.42 Å². The molecule has 0 N–H and O–H groups in total. The number of benzene rings is 2. The fourth-order valence-electron chi connectivity index (χ4n) is 2.99. The summed E-state index contributed by atoms with van der Waals surface area (Å²) < 4.78 is 0. The van der Waals surface area contributed by atoms with Gasteiger partial charge in [-0.2, -0.15) is 0 Å². The van der Waals surface area contributed by atoms with Crippen molar-refractivity contribution in [1.29, 1.82) is 0 Å². The highest BCUT2D eigenvalue weighted by Crippen LogP contribution is 2.38. The number of allylic oxidation sites excluding steroid dienone is 1. The molecule has 1 aliphatic rings. The molecule has 0 aliphatic heterocycles. The zero-order valence-corrected chi connectivity index (χ0v) is 12.0. The lowest BCUT2D eigenvalue weighted by atomic mass is 9.87. The van der Waals surface area contributed by atoms with Crippen LogP contribution in [-0.4, -0.2) is 0 Å². The number of aryl methyl sites for hydroxylation is 2. The highest BCUT2D eigenvalue weighted by Gasteiger charge is 2.19. The van der Waals surface area contributed by atoms with Crippen molar-refractivity contribution in [2.45, 2.75) is 27.7 Å². The van der Waals surface area contributed by atoms with Crippen molar-refractivity contribution < 1.29 is 0 Å². The maximum absolute atomic E-state index is 2.29. The van der Waals surface area contributed by atoms with Crippen LogP contribution in [0.15, 0.2) is 36.4 Å². The Bertz CT molecular complexity index is 661. The Kier molecular flexibility index (Phi) is 2.82. The summed E-state index contributed by atoms with van der Waals surface area (Å²) in [6.45, 7) is 8.88. The van der Waals surface area contributed by atoms with Gasteiger partial charge in [-0.05, 0) is 72.2 Å². The van der Waals surface area contributed by atoms with Crippen LogP contribution in [0.3, 0.4) is 0 Å². The van der Waals surface area contributed by atoms with Gasteiger partial charge in [0.2, 0.25) is 0 Å². The lowest BCUT2D eigenvalue weighted by Gasteiger charge is -2.17. The van der Waals surface area contributed by atoms with Crippen LogP contribution >= 0.6 is 0 Å². The van der Waals surface area contributed by atoms with Gasteiger partial charge in [0.05, 0.1) is 0 Å². The van der Waals surface area contributed by atoms with Gasteiger partial charge in [-0.3, -0.25) is 0 Å². The van der Waals surface area contributed by atoms with Crippen molar-refractivity contribution in [2.24, 2.45) is 0 Å². The van der Waals surface area contributed by atoms with E-state index in [0.717, 1.165) is 0 Å². The Morgan fingerprint density at radius 2 is 1.42 bits per heavy atom. The van der Waals surface area contributed by atoms with Gasteiger partial charge in [-0.15, -0.1) is 0 Å². The molecule has 0 bridgehead atoms. The zero-order valence-electron chi connectivity index (χ0n) is 12.0. The van der Waals surface area contributed by atoms with E-state index in [2.05, 4.69) is 70.5 Å². The Morgan fingerprint density at radius 1 is 0.789 bits per heavy atom. The van der Waals surface area contributed by atoms with Crippen molar-refractivity contribution in [1.82, 2.24) is 0 Å². The first-order valence-corrected chi connectivity index (χ1v) is 6.82. The van der Waals surface area contributed by atoms with Gasteiger partial charge in [0.25, 0.3) is 0 Å². The zero-order chi connectivity index (χ0) is 13.6. The first-order valence-electron chi connectivity index (χ1n) is 6.82. The van der Waals surface area contributed by atoms with Gasteiger partial charge in [0.1, 0.15) is 0 Å². The highest BCUT2D eigenvalue weighted by atomic mass is 14.2. The molecule has 0 saturated carbocycles. The van der Waals surface area contributed by atoms with Crippen LogP contribution in [0.25, 0.3) is 5.57 Å². The molecule has 0 heterocycles. The van der Waals surface area contributed by atoms with Crippen LogP contribution in [0.1, 0.15) is 38.9 Å². The summed E-state index contributed by atoms with van der Waals surface area (Å²) in [5.74, 6) is 0. The van der Waals surface area contributed by atoms with Crippen molar-refractivity contribution in [2.75, 3.05) is 0 Å². The van der Waals surface area contributed by atoms with Gasteiger partial charge >= 0.3 is 0 Å². The van der Waals surface area contributed by atoms with Crippen LogP contribution in [-0.2, 0) is 0 Å². The molecule has 0 saturated heterocycles. The van der Waals surface area contributed by atoms with E-state index in [4.69, 9.17) is 0 Å². The lowest BCUT2D eigenvalue weighted by Crippen LogP contribution is -1.99. The van der Waals surface area contributed by atoms with Crippen LogP contribution < -0.4 is 0 Å². The summed E-state index contributed by atoms with van der Waals surface area (Å²) in [6, 6.07) is 10.9. The molecule has 1 aliphatic carbocycles. The first kappa shape index (κ1) is 12.2. The topological polar surface area (TPSA) is 0 Å². The minimum atomic E-state index is 1.33. The molecule has 0 heteroatoms. The van der Waals surface area contributed by atoms with Gasteiger partial charge in [-0.25, -0.2) is 0 Å². The second-order valence-corrected chi connectivity index (χ2v) is 5.47. The van der Waals surface area contributed by atoms with E-state index in [9.17, 15) is 0 Å². The predicted molar refractivity (Wildman–Crippen MR) is 82.3 cm³/mol. The predicted octanol–water partition coefficient (Wildman–Crippen LogP) is 4.92. The standard InChI is InChI=1S/C19H19/c1-12-11-13(2)15(4)19(14(12)3)18-10-9-16-7-5-6-8-17(16)18/h5-11H,1-4H3. The third-order valence-electron chi connectivity index (χ3n) is 4.32. The normalized spacial score (nSPS) is 13.4. The smallest absolute Gasteiger partial charge is 0.0138 e. The number of hydrogen-bond acceptors (Lipinski definition) is 0. The summed E-state index contributed by atoms with van der Waals surface area (Å²) >= 11 is 0. The van der Waals surface area contributed by atoms with E-state index >= 15 is 0 Å². The molecular weight excluding hydrogens is 228 g/mol. The van der Waals surface area contributed by atoms with E-state index in [1.807, 2.05) is 0 Å². The van der Waals surface area contributed by atoms with E-state index < -0.39 is 0 Å². The fourth-order valence-corrected chi connectivity index (χ4v) is 2.99. The fraction of sp³-hybridized carbons (Fsp3) is 0.211. The van der Waals surface area contributed by atoms with E-state index in [-0.39, 0.29) is 0 Å². The molecule has 0 fully saturated rings. The molecule has 0 amide bonds. The summed E-state index contributed by atoms with van der Waals surface area (Å²) in [4.78, 5) is 0. The summed E-state index contributed by atoms with van der Waals surface area (Å²) in [7, 11) is 0. The molecule has 0 atom stereocenters. The van der Waals surface area contributed by atoms with Crippen molar-refractivity contribution in [3.8, 4) is 0 Å². The second-order valence-electron chi connectivity index (χ2n) is 5.47. The monoisotopic (exact) mass is 247 g/mol. The van der Waals surface area contributed by atoms with Gasteiger partial charge < -0.3 is 0 Å². The first-order chi connectivity index (χ1) is 9.09. The Hall–Kier alpha value is -1.82. The maximum atomic E-state index is 2.29. The molecular formula is C19H19. The Labute approximate surface area is 115 Å². The van der Waals surface area contributed by atoms with Crippen molar-refractivity contribution in [3.05, 3.63) is 81.8 Å². The summed E-state index contributed by atoms with van der Waals surface area (Å²) in [5, 5.41) is 0. The molecule has 1 radical (unpaired) electrons. The second kappa shape index (κ2) is 4.38. The Morgan fingerprint density at radius 3 is 2.11 bits per heavy atom. The minimum Gasteiger partial charge on any atom is -0.0675 e. The van der Waals surface area contributed by atoms with Gasteiger partial charge in [-0.1, -0.05) is 36.4 Å². The molecule has 2 aromatic rings. The molecule has 2 aromatic carbocycles. The number of rotatable bonds is 1. The third-order valence-corrected chi connectivity index (χ3v) is 4.32. The van der Waals surface area contributed by atoms with Gasteiger partial charge in [0.15, 0.2) is 0 Å². The van der Waals surface area contributed by atoms with Crippen molar-refractivity contribution in [3.63, 3.8) is 0 Å². The number of hydrogen-bond donors (Lipinski definition) is 0. The molecule has 0 nitrogen and oxygen atoms in total. The number of fused-ring (bicyclic) bond motifs is 1. The largest absolute Gasteiger partial charge is 0.0675 e. The highest BCUT2D eigenvalue weighted by molar-refractivity contribution is 5.90. The van der Waals surface area contributed by atoms with Crippen LogP contribution in [0.5, 0.6) is 0 Å². The average molecular weight is 247 g/mol. The van der Waals surface area contributed by atoms with Crippen molar-refractivity contribution >= 4 is 5.57 Å². The maximum Gasteiger partial charge on any atom is 0.0138 e. The molecule has 3 rings (SSSR count). The lowest BCUT2D eigenvalue weighted by molar-refractivity contribution is 1.22. The molecule has 0 aromatic heterocycles. The van der Waals surface area contributed by atoms with E-state index in [0.29, 0.717) is 0 Å². The summed E-state index contributed by atoms with van der Waals surface area (Å²) in [6.07, 6.45) is 4.49. The molecule has 0 unspecified atom stereocenters. The summed E-state index contributed by atoms with van der Waals surface area (Å²) in [5.41, 5.74) is 11.0. The quantitative estimate of drug-likeness (QED) is 0.671. The van der Waals surface area contributed by atoms with Crippen LogP contribution in [0, 0.1) is 34.1 Å². The minimum absolute atomic E-state index is 1.33. The average Bonchev–Trinajstić information content (AvgIpc) is 2.81. The molecule has 95 valence electrons. The third kappa shape index (κ3) is 1.83. The van der Waals surface area contributed by atoms with E-state index in [1.165, 1.54) is 44.5 Å².